The van der Waals surface area contributed by atoms with Crippen molar-refractivity contribution in [1.82, 2.24) is 14.8 Å². The normalized spacial score (nSPS) is 17.9. The summed E-state index contributed by atoms with van der Waals surface area (Å²) in [5, 5.41) is 11.8. The second-order valence-corrected chi connectivity index (χ2v) is 15.1. The lowest BCUT2D eigenvalue weighted by atomic mass is 9.89. The molecule has 4 rings (SSSR count). The lowest BCUT2D eigenvalue weighted by Crippen LogP contribution is -2.47. The molecule has 54 heavy (non-hydrogen) atoms. The number of carbonyl (C=O) groups is 2. The molecule has 19 heteroatoms. The van der Waals surface area contributed by atoms with Gasteiger partial charge in [0.1, 0.15) is 30.1 Å². The maximum Gasteiger partial charge on any atom is 0.512 e. The monoisotopic (exact) mass is 794 g/mol. The summed E-state index contributed by atoms with van der Waals surface area (Å²) in [6.45, 7) is 0.804. The lowest BCUT2D eigenvalue weighted by molar-refractivity contribution is -0.155. The molecule has 3 aromatic rings. The number of hydrogen-bond donors (Lipinski definition) is 1. The molecule has 1 aromatic heterocycles. The molecule has 290 valence electrons. The van der Waals surface area contributed by atoms with Crippen molar-refractivity contribution in [3.63, 3.8) is 0 Å². The van der Waals surface area contributed by atoms with E-state index in [0.717, 1.165) is 18.2 Å². The van der Waals surface area contributed by atoms with Crippen molar-refractivity contribution in [3.8, 4) is 6.07 Å². The van der Waals surface area contributed by atoms with Gasteiger partial charge in [-0.2, -0.15) is 18.8 Å². The van der Waals surface area contributed by atoms with Gasteiger partial charge >= 0.3 is 12.1 Å². The summed E-state index contributed by atoms with van der Waals surface area (Å²) in [6, 6.07) is 8.78. The van der Waals surface area contributed by atoms with E-state index in [4.69, 9.17) is 33.5 Å². The second-order valence-electron chi connectivity index (χ2n) is 11.9. The topological polar surface area (TPSA) is 189 Å². The minimum atomic E-state index is -4.11. The molecule has 1 aliphatic heterocycles. The number of carbonyl (C=O) groups excluding carboxylic acids is 2. The van der Waals surface area contributed by atoms with Gasteiger partial charge in [-0.25, -0.2) is 27.6 Å². The SMILES string of the molecule is C[C@@H](SC1COC(/C=C/C=C/c2ccc(C#N)cc2F)OC1)[C@@](Cn1cncn1)(OC(=O)OCOC(=O)CCCCCS(=O)(=O)O)c1ccc(F)cc1F. The van der Waals surface area contributed by atoms with Gasteiger partial charge in [-0.3, -0.25) is 9.35 Å². The zero-order valence-electron chi connectivity index (χ0n) is 28.9. The number of ether oxygens (including phenoxy) is 5. The number of unbranched alkanes of at least 4 members (excludes halogenated alkanes) is 2. The highest BCUT2D eigenvalue weighted by Gasteiger charge is 2.47. The zero-order chi connectivity index (χ0) is 39.1. The number of esters is 1. The number of aromatic nitrogens is 3. The first kappa shape index (κ1) is 42.0. The van der Waals surface area contributed by atoms with Crippen LogP contribution in [-0.4, -0.2) is 82.4 Å². The van der Waals surface area contributed by atoms with E-state index in [1.165, 1.54) is 47.3 Å². The average molecular weight is 795 g/mol. The van der Waals surface area contributed by atoms with Crippen molar-refractivity contribution >= 4 is 40.1 Å². The Morgan fingerprint density at radius 3 is 2.56 bits per heavy atom. The molecule has 0 unspecified atom stereocenters. The van der Waals surface area contributed by atoms with E-state index < -0.39 is 69.4 Å². The minimum absolute atomic E-state index is 0.119. The highest BCUT2D eigenvalue weighted by molar-refractivity contribution is 8.00. The van der Waals surface area contributed by atoms with Crippen molar-refractivity contribution in [2.75, 3.05) is 25.8 Å². The number of halogens is 3. The summed E-state index contributed by atoms with van der Waals surface area (Å²) in [6.07, 6.45) is 7.37. The van der Waals surface area contributed by atoms with Crippen LogP contribution < -0.4 is 0 Å². The maximum atomic E-state index is 15.6. The first-order valence-electron chi connectivity index (χ1n) is 16.5. The van der Waals surface area contributed by atoms with E-state index in [9.17, 15) is 26.8 Å². The van der Waals surface area contributed by atoms with Crippen LogP contribution >= 0.6 is 11.8 Å². The van der Waals surface area contributed by atoms with Gasteiger partial charge in [-0.15, -0.1) is 11.8 Å². The lowest BCUT2D eigenvalue weighted by Gasteiger charge is -2.40. The maximum absolute atomic E-state index is 15.6. The van der Waals surface area contributed by atoms with Gasteiger partial charge in [0.05, 0.1) is 42.4 Å². The molecule has 0 radical (unpaired) electrons. The minimum Gasteiger partial charge on any atom is -0.428 e. The Bertz CT molecular complexity index is 1930. The number of thioether (sulfide) groups is 1. The van der Waals surface area contributed by atoms with Crippen molar-refractivity contribution in [1.29, 1.82) is 5.26 Å². The predicted molar refractivity (Wildman–Crippen MR) is 187 cm³/mol. The molecule has 0 amide bonds. The highest BCUT2D eigenvalue weighted by Crippen LogP contribution is 2.42. The van der Waals surface area contributed by atoms with E-state index in [0.29, 0.717) is 12.5 Å². The molecule has 1 fully saturated rings. The second kappa shape index (κ2) is 20.1. The van der Waals surface area contributed by atoms with Gasteiger partial charge in [0.2, 0.25) is 6.79 Å². The summed E-state index contributed by atoms with van der Waals surface area (Å²) < 4.78 is 103. The first-order valence-corrected chi connectivity index (χ1v) is 19.0. The van der Waals surface area contributed by atoms with E-state index in [1.54, 1.807) is 25.2 Å². The van der Waals surface area contributed by atoms with Crippen LogP contribution in [0.5, 0.6) is 0 Å². The van der Waals surface area contributed by atoms with E-state index in [-0.39, 0.29) is 61.0 Å². The predicted octanol–water partition coefficient (Wildman–Crippen LogP) is 5.70. The third-order valence-corrected chi connectivity index (χ3v) is 10.2. The third kappa shape index (κ3) is 13.0. The zero-order valence-corrected chi connectivity index (χ0v) is 30.5. The van der Waals surface area contributed by atoms with Crippen molar-refractivity contribution in [3.05, 3.63) is 101 Å². The quantitative estimate of drug-likeness (QED) is 0.0543. The first-order chi connectivity index (χ1) is 25.8. The number of rotatable bonds is 18. The average Bonchev–Trinajstić information content (AvgIpc) is 3.63. The van der Waals surface area contributed by atoms with Crippen molar-refractivity contribution in [2.45, 2.75) is 61.5 Å². The summed E-state index contributed by atoms with van der Waals surface area (Å²) in [5.74, 6) is -3.63. The Morgan fingerprint density at radius 1 is 1.11 bits per heavy atom. The van der Waals surface area contributed by atoms with Gasteiger partial charge < -0.3 is 23.7 Å². The number of allylic oxidation sites excluding steroid dienone is 2. The van der Waals surface area contributed by atoms with Crippen molar-refractivity contribution < 1.29 is 59.4 Å². The molecule has 0 spiro atoms. The molecule has 1 N–H and O–H groups in total. The Hall–Kier alpha value is -4.74. The van der Waals surface area contributed by atoms with Crippen LogP contribution in [0, 0.1) is 28.8 Å². The fourth-order valence-corrected chi connectivity index (χ4v) is 7.18. The van der Waals surface area contributed by atoms with Crippen LogP contribution in [-0.2, 0) is 50.7 Å². The molecule has 1 aliphatic rings. The van der Waals surface area contributed by atoms with Gasteiger partial charge in [0.25, 0.3) is 10.1 Å². The molecule has 2 aromatic carbocycles. The molecule has 0 aliphatic carbocycles. The van der Waals surface area contributed by atoms with Crippen LogP contribution in [0.3, 0.4) is 0 Å². The summed E-state index contributed by atoms with van der Waals surface area (Å²) in [7, 11) is -4.11. The standard InChI is InChI=1S/C35H37F3N4O10S2/c1-24(53-28-18-48-33(49-19-28)9-5-4-7-26-11-10-25(17-39)15-30(26)37)35(20-42-22-40-21-41-42,29-13-12-27(36)16-31(29)38)52-34(44)51-23-50-32(43)8-3-2-6-14-54(45,46)47/h4-5,7,9-13,15-16,21-22,24,28,33H,2-3,6,8,14,18-20,23H2,1H3,(H,45,46,47)/b7-4+,9-5+/t24-,28?,33?,35-/m1/s1. The highest BCUT2D eigenvalue weighted by atomic mass is 32.2. The summed E-state index contributed by atoms with van der Waals surface area (Å²) in [4.78, 5) is 29.2. The summed E-state index contributed by atoms with van der Waals surface area (Å²) >= 11 is 1.23. The molecule has 0 bridgehead atoms. The smallest absolute Gasteiger partial charge is 0.428 e. The van der Waals surface area contributed by atoms with Crippen LogP contribution in [0.2, 0.25) is 0 Å². The fraction of sp³-hybridized carbons (Fsp3) is 0.400. The van der Waals surface area contributed by atoms with E-state index >= 15 is 4.39 Å². The van der Waals surface area contributed by atoms with Gasteiger partial charge in [-0.05, 0) is 50.1 Å². The Kier molecular flexibility index (Phi) is 15.6. The number of nitrogens with zero attached hydrogens (tertiary/aromatic N) is 4. The number of hydrogen-bond acceptors (Lipinski definition) is 13. The van der Waals surface area contributed by atoms with Gasteiger partial charge in [0.15, 0.2) is 11.9 Å². The summed E-state index contributed by atoms with van der Waals surface area (Å²) in [5.41, 5.74) is -1.62. The van der Waals surface area contributed by atoms with Gasteiger partial charge in [-0.1, -0.05) is 30.7 Å². The van der Waals surface area contributed by atoms with E-state index in [2.05, 4.69) is 10.1 Å². The van der Waals surface area contributed by atoms with Gasteiger partial charge in [0, 0.05) is 28.9 Å². The Balaban J connectivity index is 1.41. The molecule has 2 atom stereocenters. The Morgan fingerprint density at radius 2 is 1.89 bits per heavy atom. The fourth-order valence-electron chi connectivity index (χ4n) is 5.25. The van der Waals surface area contributed by atoms with Crippen LogP contribution in [0.25, 0.3) is 6.08 Å². The van der Waals surface area contributed by atoms with Crippen LogP contribution in [0.1, 0.15) is 49.3 Å². The van der Waals surface area contributed by atoms with E-state index in [1.807, 2.05) is 6.07 Å². The molecule has 2 heterocycles. The largest absolute Gasteiger partial charge is 0.512 e. The molecule has 1 saturated heterocycles. The number of benzene rings is 2. The Labute approximate surface area is 313 Å². The molecule has 0 saturated carbocycles. The molecular weight excluding hydrogens is 758 g/mol. The molecular formula is C35H37F3N4O10S2. The number of nitriles is 1. The van der Waals surface area contributed by atoms with Crippen LogP contribution in [0.4, 0.5) is 18.0 Å². The third-order valence-electron chi connectivity index (χ3n) is 7.93. The molecule has 14 nitrogen and oxygen atoms in total. The van der Waals surface area contributed by atoms with Crippen molar-refractivity contribution in [2.24, 2.45) is 0 Å². The van der Waals surface area contributed by atoms with Crippen LogP contribution in [0.15, 0.2) is 67.3 Å².